The molecule has 1 aliphatic rings. The third kappa shape index (κ3) is 5.38. The number of carbonyl (C=O) groups excluding carboxylic acids is 2. The molecule has 2 N–H and O–H groups in total. The molecule has 1 atom stereocenters. The number of allylic oxidation sites excluding steroid dienone is 2. The molecule has 2 aromatic rings. The van der Waals surface area contributed by atoms with E-state index in [0.29, 0.717) is 20.5 Å². The Morgan fingerprint density at radius 3 is 2.73 bits per heavy atom. The van der Waals surface area contributed by atoms with Gasteiger partial charge in [-0.3, -0.25) is 14.5 Å². The summed E-state index contributed by atoms with van der Waals surface area (Å²) in [6.45, 7) is -0.164. The van der Waals surface area contributed by atoms with Gasteiger partial charge in [0.15, 0.2) is 0 Å². The lowest BCUT2D eigenvalue weighted by Gasteiger charge is -2.23. The van der Waals surface area contributed by atoms with Crippen molar-refractivity contribution in [3.8, 4) is 5.75 Å². The van der Waals surface area contributed by atoms with E-state index in [2.05, 4.69) is 0 Å². The SMILES string of the molecule is CN(CC(O)c1ccc(O)cc1)C(=O)CN1C(=O)C(=CC=Cc2ccco2)SC1=S. The number of hydrogen-bond donors (Lipinski definition) is 2. The lowest BCUT2D eigenvalue weighted by atomic mass is 10.1. The maximum atomic E-state index is 12.6. The van der Waals surface area contributed by atoms with Crippen molar-refractivity contribution in [2.24, 2.45) is 0 Å². The molecule has 1 aromatic heterocycles. The summed E-state index contributed by atoms with van der Waals surface area (Å²) >= 11 is 6.38. The summed E-state index contributed by atoms with van der Waals surface area (Å²) in [4.78, 5) is 28.2. The molecule has 9 heteroatoms. The van der Waals surface area contributed by atoms with Gasteiger partial charge in [0.2, 0.25) is 5.91 Å². The number of thiocarbonyl (C=S) groups is 1. The number of amides is 2. The molecule has 2 amide bonds. The van der Waals surface area contributed by atoms with Gasteiger partial charge in [0.25, 0.3) is 5.91 Å². The van der Waals surface area contributed by atoms with Crippen molar-refractivity contribution in [2.45, 2.75) is 6.10 Å². The molecular formula is C21H20N2O5S2. The molecule has 30 heavy (non-hydrogen) atoms. The highest BCUT2D eigenvalue weighted by Crippen LogP contribution is 2.31. The number of phenols is 1. The molecule has 3 rings (SSSR count). The summed E-state index contributed by atoms with van der Waals surface area (Å²) in [5.41, 5.74) is 0.573. The van der Waals surface area contributed by atoms with Crippen LogP contribution in [0.5, 0.6) is 5.75 Å². The van der Waals surface area contributed by atoms with E-state index in [1.54, 1.807) is 55.8 Å². The first-order valence-electron chi connectivity index (χ1n) is 9.01. The van der Waals surface area contributed by atoms with Crippen LogP contribution in [0.1, 0.15) is 17.4 Å². The van der Waals surface area contributed by atoms with E-state index in [0.717, 1.165) is 11.8 Å². The van der Waals surface area contributed by atoms with E-state index >= 15 is 0 Å². The van der Waals surface area contributed by atoms with Gasteiger partial charge in [0, 0.05) is 7.05 Å². The quantitative estimate of drug-likeness (QED) is 0.501. The Kier molecular flexibility index (Phi) is 7.09. The van der Waals surface area contributed by atoms with Crippen LogP contribution in [0.4, 0.5) is 0 Å². The second-order valence-electron chi connectivity index (χ2n) is 6.55. The number of hydrogen-bond acceptors (Lipinski definition) is 7. The van der Waals surface area contributed by atoms with Crippen molar-refractivity contribution >= 4 is 46.2 Å². The van der Waals surface area contributed by atoms with Gasteiger partial charge in [-0.2, -0.15) is 0 Å². The first kappa shape index (κ1) is 21.8. The van der Waals surface area contributed by atoms with Gasteiger partial charge in [-0.25, -0.2) is 0 Å². The van der Waals surface area contributed by atoms with Gasteiger partial charge in [-0.1, -0.05) is 42.2 Å². The van der Waals surface area contributed by atoms with E-state index < -0.39 is 6.10 Å². The Hall–Kier alpha value is -2.88. The van der Waals surface area contributed by atoms with Crippen LogP contribution < -0.4 is 0 Å². The fourth-order valence-corrected chi connectivity index (χ4v) is 3.89. The van der Waals surface area contributed by atoms with Crippen molar-refractivity contribution in [1.82, 2.24) is 9.80 Å². The topological polar surface area (TPSA) is 94.2 Å². The Morgan fingerprint density at radius 2 is 2.07 bits per heavy atom. The van der Waals surface area contributed by atoms with Gasteiger partial charge >= 0.3 is 0 Å². The molecule has 0 bridgehead atoms. The van der Waals surface area contributed by atoms with Gasteiger partial charge in [0.1, 0.15) is 22.4 Å². The Morgan fingerprint density at radius 1 is 1.33 bits per heavy atom. The molecular weight excluding hydrogens is 424 g/mol. The number of phenolic OH excluding ortho intramolecular Hbond substituents is 1. The second-order valence-corrected chi connectivity index (χ2v) is 8.22. The zero-order valence-corrected chi connectivity index (χ0v) is 17.7. The highest BCUT2D eigenvalue weighted by atomic mass is 32.2. The maximum absolute atomic E-state index is 12.6. The highest BCUT2D eigenvalue weighted by Gasteiger charge is 2.33. The Labute approximate surface area is 183 Å². The number of aliphatic hydroxyl groups is 1. The average molecular weight is 445 g/mol. The van der Waals surface area contributed by atoms with Gasteiger partial charge in [0.05, 0.1) is 23.8 Å². The number of rotatable bonds is 7. The Bertz CT molecular complexity index is 983. The van der Waals surface area contributed by atoms with E-state index in [4.69, 9.17) is 16.6 Å². The lowest BCUT2D eigenvalue weighted by Crippen LogP contribution is -2.41. The molecule has 0 saturated carbocycles. The Balaban J connectivity index is 1.57. The molecule has 1 aromatic carbocycles. The minimum absolute atomic E-state index is 0.0418. The van der Waals surface area contributed by atoms with Crippen LogP contribution in [0.3, 0.4) is 0 Å². The number of carbonyl (C=O) groups is 2. The number of likely N-dealkylation sites (N-methyl/N-ethyl adjacent to an activating group) is 1. The fourth-order valence-electron chi connectivity index (χ4n) is 2.69. The van der Waals surface area contributed by atoms with Crippen molar-refractivity contribution < 1.29 is 24.2 Å². The van der Waals surface area contributed by atoms with Crippen molar-refractivity contribution in [2.75, 3.05) is 20.1 Å². The largest absolute Gasteiger partial charge is 0.508 e. The number of aliphatic hydroxyl groups excluding tert-OH is 1. The molecule has 1 unspecified atom stereocenters. The molecule has 0 spiro atoms. The summed E-state index contributed by atoms with van der Waals surface area (Å²) in [7, 11) is 1.55. The van der Waals surface area contributed by atoms with Crippen LogP contribution >= 0.6 is 24.0 Å². The van der Waals surface area contributed by atoms with Crippen molar-refractivity contribution in [3.63, 3.8) is 0 Å². The molecule has 0 radical (unpaired) electrons. The van der Waals surface area contributed by atoms with Crippen molar-refractivity contribution in [1.29, 1.82) is 0 Å². The van der Waals surface area contributed by atoms with E-state index in [-0.39, 0.29) is 30.7 Å². The highest BCUT2D eigenvalue weighted by molar-refractivity contribution is 8.26. The monoisotopic (exact) mass is 444 g/mol. The fraction of sp³-hybridized carbons (Fsp3) is 0.190. The van der Waals surface area contributed by atoms with Gasteiger partial charge in [-0.05, 0) is 42.0 Å². The summed E-state index contributed by atoms with van der Waals surface area (Å²) in [6, 6.07) is 9.65. The molecule has 0 aliphatic carbocycles. The number of nitrogens with zero attached hydrogens (tertiary/aromatic N) is 2. The van der Waals surface area contributed by atoms with Crippen LogP contribution in [0.15, 0.2) is 64.1 Å². The molecule has 7 nitrogen and oxygen atoms in total. The third-order valence-electron chi connectivity index (χ3n) is 4.37. The number of thioether (sulfide) groups is 1. The van der Waals surface area contributed by atoms with Crippen LogP contribution in [0.25, 0.3) is 6.08 Å². The molecule has 156 valence electrons. The minimum atomic E-state index is -0.919. The standard InChI is InChI=1S/C21H20N2O5S2/c1-22(12-17(25)14-7-9-15(24)10-8-14)19(26)13-23-20(27)18(30-21(23)29)6-2-4-16-5-3-11-28-16/h2-11,17,24-25H,12-13H2,1H3. The van der Waals surface area contributed by atoms with E-state index in [1.165, 1.54) is 21.9 Å². The van der Waals surface area contributed by atoms with Gasteiger partial charge in [-0.15, -0.1) is 0 Å². The number of benzene rings is 1. The maximum Gasteiger partial charge on any atom is 0.266 e. The molecule has 1 saturated heterocycles. The minimum Gasteiger partial charge on any atom is -0.508 e. The molecule has 1 aliphatic heterocycles. The summed E-state index contributed by atoms with van der Waals surface area (Å²) < 4.78 is 5.49. The zero-order chi connectivity index (χ0) is 21.7. The molecule has 1 fully saturated rings. The average Bonchev–Trinajstić information content (AvgIpc) is 3.32. The van der Waals surface area contributed by atoms with E-state index in [1.807, 2.05) is 0 Å². The summed E-state index contributed by atoms with van der Waals surface area (Å²) in [5, 5.41) is 19.6. The predicted molar refractivity (Wildman–Crippen MR) is 118 cm³/mol. The van der Waals surface area contributed by atoms with Crippen LogP contribution in [0, 0.1) is 0 Å². The van der Waals surface area contributed by atoms with Crippen LogP contribution in [0.2, 0.25) is 0 Å². The number of aromatic hydroxyl groups is 1. The molecule has 2 heterocycles. The lowest BCUT2D eigenvalue weighted by molar-refractivity contribution is -0.135. The van der Waals surface area contributed by atoms with Crippen LogP contribution in [-0.2, 0) is 9.59 Å². The smallest absolute Gasteiger partial charge is 0.266 e. The van der Waals surface area contributed by atoms with Gasteiger partial charge < -0.3 is 19.5 Å². The predicted octanol–water partition coefficient (Wildman–Crippen LogP) is 2.93. The first-order valence-corrected chi connectivity index (χ1v) is 10.2. The zero-order valence-electron chi connectivity index (χ0n) is 16.1. The van der Waals surface area contributed by atoms with Crippen molar-refractivity contribution in [3.05, 3.63) is 71.0 Å². The van der Waals surface area contributed by atoms with E-state index in [9.17, 15) is 19.8 Å². The summed E-state index contributed by atoms with van der Waals surface area (Å²) in [6.07, 6.45) is 5.67. The van der Waals surface area contributed by atoms with Crippen LogP contribution in [-0.4, -0.2) is 56.3 Å². The number of furan rings is 1. The summed E-state index contributed by atoms with van der Waals surface area (Å²) in [5.74, 6) is 0.0638. The normalized spacial score (nSPS) is 16.6. The second kappa shape index (κ2) is 9.75. The first-order chi connectivity index (χ1) is 14.3. The third-order valence-corrected chi connectivity index (χ3v) is 5.76.